The summed E-state index contributed by atoms with van der Waals surface area (Å²) in [5.74, 6) is 0. The van der Waals surface area contributed by atoms with E-state index in [1.165, 1.54) is 11.8 Å². The summed E-state index contributed by atoms with van der Waals surface area (Å²) < 4.78 is 29.4. The third-order valence-electron chi connectivity index (χ3n) is 5.66. The molecule has 4 aromatic rings. The second-order valence-corrected chi connectivity index (χ2v) is 9.57. The van der Waals surface area contributed by atoms with Crippen molar-refractivity contribution in [3.8, 4) is 5.69 Å². The molecule has 0 aliphatic carbocycles. The van der Waals surface area contributed by atoms with Crippen LogP contribution in [0.25, 0.3) is 16.6 Å². The monoisotopic (exact) mass is 433 g/mol. The molecule has 1 aliphatic heterocycles. The first kappa shape index (κ1) is 19.9. The molecule has 1 saturated heterocycles. The quantitative estimate of drug-likeness (QED) is 0.484. The summed E-state index contributed by atoms with van der Waals surface area (Å²) >= 11 is 0. The third-order valence-corrected chi connectivity index (χ3v) is 7.51. The number of rotatable bonds is 5. The molecule has 3 heterocycles. The van der Waals surface area contributed by atoms with E-state index < -0.39 is 10.0 Å². The second-order valence-electron chi connectivity index (χ2n) is 7.63. The molecule has 1 fully saturated rings. The zero-order chi connectivity index (χ0) is 21.3. The van der Waals surface area contributed by atoms with Crippen LogP contribution in [-0.2, 0) is 16.6 Å². The van der Waals surface area contributed by atoms with Crippen LogP contribution in [0.2, 0.25) is 0 Å². The Morgan fingerprint density at radius 2 is 1.65 bits per heavy atom. The predicted octanol–water partition coefficient (Wildman–Crippen LogP) is 2.93. The molecule has 0 spiro atoms. The number of benzene rings is 2. The molecule has 0 atom stereocenters. The van der Waals surface area contributed by atoms with E-state index in [0.717, 1.165) is 23.1 Å². The topological polar surface area (TPSA) is 71.3 Å². The molecule has 0 radical (unpaired) electrons. The summed E-state index contributed by atoms with van der Waals surface area (Å²) in [7, 11) is -3.57. The van der Waals surface area contributed by atoms with Gasteiger partial charge in [-0.3, -0.25) is 9.88 Å². The van der Waals surface area contributed by atoms with Gasteiger partial charge in [-0.15, -0.1) is 0 Å². The number of fused-ring (bicyclic) bond motifs is 1. The maximum absolute atomic E-state index is 13.1. The molecule has 31 heavy (non-hydrogen) atoms. The first-order chi connectivity index (χ1) is 15.1. The summed E-state index contributed by atoms with van der Waals surface area (Å²) in [6.07, 6.45) is 4.82. The summed E-state index contributed by atoms with van der Waals surface area (Å²) in [6.45, 7) is 3.02. The second kappa shape index (κ2) is 8.22. The summed E-state index contributed by atoms with van der Waals surface area (Å²) in [4.78, 5) is 7.03. The van der Waals surface area contributed by atoms with Gasteiger partial charge in [0, 0.05) is 44.3 Å². The van der Waals surface area contributed by atoms with E-state index in [1.807, 2.05) is 48.7 Å². The number of sulfonamides is 1. The highest BCUT2D eigenvalue weighted by molar-refractivity contribution is 7.89. The molecule has 0 N–H and O–H groups in total. The first-order valence-corrected chi connectivity index (χ1v) is 11.7. The lowest BCUT2D eigenvalue weighted by Gasteiger charge is -2.33. The maximum atomic E-state index is 13.1. The van der Waals surface area contributed by atoms with Crippen molar-refractivity contribution in [1.29, 1.82) is 0 Å². The Hall–Kier alpha value is -3.07. The molecule has 7 nitrogen and oxygen atoms in total. The fourth-order valence-corrected chi connectivity index (χ4v) is 5.33. The van der Waals surface area contributed by atoms with Crippen molar-refractivity contribution < 1.29 is 8.42 Å². The molecule has 0 saturated carbocycles. The fraction of sp³-hybridized carbons (Fsp3) is 0.217. The van der Waals surface area contributed by atoms with Gasteiger partial charge < -0.3 is 0 Å². The van der Waals surface area contributed by atoms with Crippen LogP contribution in [-0.4, -0.2) is 58.6 Å². The van der Waals surface area contributed by atoms with E-state index in [2.05, 4.69) is 33.2 Å². The molecule has 5 rings (SSSR count). The fourth-order valence-electron chi connectivity index (χ4n) is 3.97. The summed E-state index contributed by atoms with van der Waals surface area (Å²) in [6, 6.07) is 19.7. The minimum atomic E-state index is -3.57. The SMILES string of the molecule is O=S(=O)(c1cnn(-c2ccccc2)c1)N1CCN(Cc2cccc3cccnc23)CC1. The average molecular weight is 434 g/mol. The van der Waals surface area contributed by atoms with Gasteiger partial charge in [0.15, 0.2) is 0 Å². The lowest BCUT2D eigenvalue weighted by molar-refractivity contribution is 0.182. The molecule has 1 aliphatic rings. The lowest BCUT2D eigenvalue weighted by atomic mass is 10.1. The Balaban J connectivity index is 1.27. The zero-order valence-corrected chi connectivity index (χ0v) is 17.8. The number of hydrogen-bond donors (Lipinski definition) is 0. The normalized spacial score (nSPS) is 16.0. The standard InChI is InChI=1S/C23H23N5O2S/c29-31(30,22-16-25-28(18-22)21-9-2-1-3-10-21)27-14-12-26(13-15-27)17-20-7-4-6-19-8-5-11-24-23(19)20/h1-11,16,18H,12-15,17H2. The third kappa shape index (κ3) is 3.97. The van der Waals surface area contributed by atoms with Gasteiger partial charge >= 0.3 is 0 Å². The van der Waals surface area contributed by atoms with Crippen molar-refractivity contribution in [2.75, 3.05) is 26.2 Å². The van der Waals surface area contributed by atoms with Crippen molar-refractivity contribution in [1.82, 2.24) is 24.0 Å². The number of nitrogens with zero attached hydrogens (tertiary/aromatic N) is 5. The highest BCUT2D eigenvalue weighted by atomic mass is 32.2. The van der Waals surface area contributed by atoms with Gasteiger partial charge in [-0.05, 0) is 23.8 Å². The minimum Gasteiger partial charge on any atom is -0.296 e. The first-order valence-electron chi connectivity index (χ1n) is 10.3. The van der Waals surface area contributed by atoms with Crippen LogP contribution in [0.1, 0.15) is 5.56 Å². The molecule has 2 aromatic carbocycles. The van der Waals surface area contributed by atoms with Crippen LogP contribution in [0.3, 0.4) is 0 Å². The van der Waals surface area contributed by atoms with Crippen LogP contribution in [0.15, 0.2) is 84.1 Å². The molecule has 158 valence electrons. The van der Waals surface area contributed by atoms with E-state index >= 15 is 0 Å². The Kier molecular flexibility index (Phi) is 5.27. The Morgan fingerprint density at radius 1 is 0.871 bits per heavy atom. The van der Waals surface area contributed by atoms with Gasteiger partial charge in [0.05, 0.1) is 23.6 Å². The van der Waals surface area contributed by atoms with E-state index in [-0.39, 0.29) is 4.90 Å². The van der Waals surface area contributed by atoms with E-state index in [1.54, 1.807) is 15.2 Å². The van der Waals surface area contributed by atoms with Crippen LogP contribution in [0, 0.1) is 0 Å². The number of aromatic nitrogens is 3. The maximum Gasteiger partial charge on any atom is 0.246 e. The van der Waals surface area contributed by atoms with Crippen LogP contribution in [0.5, 0.6) is 0 Å². The summed E-state index contributed by atoms with van der Waals surface area (Å²) in [5, 5.41) is 5.36. The Bertz CT molecular complexity index is 1290. The molecule has 0 bridgehead atoms. The van der Waals surface area contributed by atoms with Crippen LogP contribution in [0.4, 0.5) is 0 Å². The Morgan fingerprint density at radius 3 is 2.45 bits per heavy atom. The number of piperazine rings is 1. The molecular formula is C23H23N5O2S. The molecule has 2 aromatic heterocycles. The van der Waals surface area contributed by atoms with Gasteiger partial charge in [-0.2, -0.15) is 9.40 Å². The number of hydrogen-bond acceptors (Lipinski definition) is 5. The van der Waals surface area contributed by atoms with Crippen molar-refractivity contribution >= 4 is 20.9 Å². The van der Waals surface area contributed by atoms with E-state index in [0.29, 0.717) is 26.2 Å². The average Bonchev–Trinajstić information content (AvgIpc) is 3.32. The molecule has 0 amide bonds. The number of pyridine rings is 1. The Labute approximate surface area is 181 Å². The van der Waals surface area contributed by atoms with Crippen molar-refractivity contribution in [3.63, 3.8) is 0 Å². The van der Waals surface area contributed by atoms with Crippen molar-refractivity contribution in [2.24, 2.45) is 0 Å². The summed E-state index contributed by atoms with van der Waals surface area (Å²) in [5.41, 5.74) is 3.00. The van der Waals surface area contributed by atoms with Crippen LogP contribution < -0.4 is 0 Å². The largest absolute Gasteiger partial charge is 0.296 e. The van der Waals surface area contributed by atoms with Gasteiger partial charge in [0.1, 0.15) is 4.90 Å². The van der Waals surface area contributed by atoms with E-state index in [9.17, 15) is 8.42 Å². The highest BCUT2D eigenvalue weighted by Crippen LogP contribution is 2.21. The lowest BCUT2D eigenvalue weighted by Crippen LogP contribution is -2.48. The molecule has 8 heteroatoms. The molecule has 0 unspecified atom stereocenters. The van der Waals surface area contributed by atoms with E-state index in [4.69, 9.17) is 0 Å². The highest BCUT2D eigenvalue weighted by Gasteiger charge is 2.29. The van der Waals surface area contributed by atoms with Gasteiger partial charge in [-0.25, -0.2) is 13.1 Å². The molecular weight excluding hydrogens is 410 g/mol. The van der Waals surface area contributed by atoms with Gasteiger partial charge in [0.25, 0.3) is 0 Å². The smallest absolute Gasteiger partial charge is 0.246 e. The predicted molar refractivity (Wildman–Crippen MR) is 119 cm³/mol. The van der Waals surface area contributed by atoms with Crippen molar-refractivity contribution in [3.05, 3.63) is 84.8 Å². The number of para-hydroxylation sites is 2. The van der Waals surface area contributed by atoms with Crippen LogP contribution >= 0.6 is 0 Å². The minimum absolute atomic E-state index is 0.225. The zero-order valence-electron chi connectivity index (χ0n) is 17.0. The van der Waals surface area contributed by atoms with Gasteiger partial charge in [0.2, 0.25) is 10.0 Å². The van der Waals surface area contributed by atoms with Gasteiger partial charge in [-0.1, -0.05) is 42.5 Å². The van der Waals surface area contributed by atoms with Crippen molar-refractivity contribution in [2.45, 2.75) is 11.4 Å².